The molecule has 0 aliphatic heterocycles. The zero-order valence-corrected chi connectivity index (χ0v) is 13.4. The lowest BCUT2D eigenvalue weighted by Crippen LogP contribution is -2.29. The molecule has 0 spiro atoms. The lowest BCUT2D eigenvalue weighted by molar-refractivity contribution is -0.121. The molecular formula is C13H19Cl3N2O2. The molecule has 4 N–H and O–H groups in total. The van der Waals surface area contributed by atoms with Gasteiger partial charge in [-0.25, -0.2) is 0 Å². The summed E-state index contributed by atoms with van der Waals surface area (Å²) in [5, 5.41) is 13.5. The van der Waals surface area contributed by atoms with Crippen molar-refractivity contribution in [1.29, 1.82) is 0 Å². The Morgan fingerprint density at radius 2 is 1.90 bits per heavy atom. The Bertz CT molecular complexity index is 421. The minimum absolute atomic E-state index is 0. The van der Waals surface area contributed by atoms with E-state index in [1.165, 1.54) is 0 Å². The maximum atomic E-state index is 11.5. The van der Waals surface area contributed by atoms with Crippen LogP contribution in [-0.2, 0) is 4.79 Å². The first-order valence-corrected chi connectivity index (χ1v) is 6.80. The number of hydrogen-bond acceptors (Lipinski definition) is 3. The van der Waals surface area contributed by atoms with Crippen molar-refractivity contribution in [1.82, 2.24) is 5.32 Å². The van der Waals surface area contributed by atoms with E-state index >= 15 is 0 Å². The number of nitrogens with two attached hydrogens (primary N) is 1. The Morgan fingerprint density at radius 3 is 2.40 bits per heavy atom. The van der Waals surface area contributed by atoms with Crippen LogP contribution in [0.15, 0.2) is 18.2 Å². The van der Waals surface area contributed by atoms with Gasteiger partial charge in [-0.05, 0) is 37.1 Å². The fourth-order valence-corrected chi connectivity index (χ4v) is 2.09. The average Bonchev–Trinajstić information content (AvgIpc) is 2.32. The number of rotatable bonds is 6. The number of aliphatic hydroxyl groups is 1. The van der Waals surface area contributed by atoms with E-state index in [0.29, 0.717) is 28.5 Å². The van der Waals surface area contributed by atoms with Gasteiger partial charge in [0.25, 0.3) is 0 Å². The second kappa shape index (κ2) is 9.42. The first-order valence-electron chi connectivity index (χ1n) is 6.05. The van der Waals surface area contributed by atoms with E-state index in [1.807, 2.05) is 6.92 Å². The molecule has 2 unspecified atom stereocenters. The summed E-state index contributed by atoms with van der Waals surface area (Å²) >= 11 is 11.7. The maximum absolute atomic E-state index is 11.5. The van der Waals surface area contributed by atoms with Crippen molar-refractivity contribution in [2.24, 2.45) is 5.73 Å². The summed E-state index contributed by atoms with van der Waals surface area (Å²) in [7, 11) is 0. The average molecular weight is 342 g/mol. The Labute approximate surface area is 135 Å². The summed E-state index contributed by atoms with van der Waals surface area (Å²) in [4.78, 5) is 11.5. The predicted octanol–water partition coefficient (Wildman–Crippen LogP) is 2.69. The standard InChI is InChI=1S/C13H18Cl2N2O2.ClH/c1-8(16)2-3-13(19)17-7-12(18)9-4-10(14)6-11(15)5-9;/h4-6,8,12,18H,2-3,7,16H2,1H3,(H,17,19);1H. The zero-order valence-electron chi connectivity index (χ0n) is 11.1. The molecule has 1 aromatic carbocycles. The third-order valence-corrected chi connectivity index (χ3v) is 3.03. The maximum Gasteiger partial charge on any atom is 0.220 e. The molecule has 0 bridgehead atoms. The first-order chi connectivity index (χ1) is 8.88. The van der Waals surface area contributed by atoms with Crippen molar-refractivity contribution < 1.29 is 9.90 Å². The van der Waals surface area contributed by atoms with Gasteiger partial charge in [0, 0.05) is 29.1 Å². The second-order valence-electron chi connectivity index (χ2n) is 4.54. The van der Waals surface area contributed by atoms with E-state index in [9.17, 15) is 9.90 Å². The minimum Gasteiger partial charge on any atom is -0.387 e. The summed E-state index contributed by atoms with van der Waals surface area (Å²) in [5.74, 6) is -0.135. The van der Waals surface area contributed by atoms with Crippen molar-refractivity contribution in [3.8, 4) is 0 Å². The number of benzene rings is 1. The Hall–Kier alpha value is -0.520. The predicted molar refractivity (Wildman–Crippen MR) is 84.6 cm³/mol. The van der Waals surface area contributed by atoms with Crippen LogP contribution in [0, 0.1) is 0 Å². The molecular weight excluding hydrogens is 323 g/mol. The normalized spacial score (nSPS) is 13.2. The fraction of sp³-hybridized carbons (Fsp3) is 0.462. The van der Waals surface area contributed by atoms with Crippen LogP contribution in [0.2, 0.25) is 10.0 Å². The van der Waals surface area contributed by atoms with Crippen LogP contribution in [0.5, 0.6) is 0 Å². The van der Waals surface area contributed by atoms with Gasteiger partial charge in [0.1, 0.15) is 0 Å². The lowest BCUT2D eigenvalue weighted by Gasteiger charge is -2.13. The molecule has 0 aromatic heterocycles. The van der Waals surface area contributed by atoms with E-state index in [0.717, 1.165) is 0 Å². The number of nitrogens with one attached hydrogen (secondary N) is 1. The molecule has 20 heavy (non-hydrogen) atoms. The number of carbonyl (C=O) groups is 1. The lowest BCUT2D eigenvalue weighted by atomic mass is 10.1. The van der Waals surface area contributed by atoms with Gasteiger partial charge in [-0.15, -0.1) is 12.4 Å². The molecule has 4 nitrogen and oxygen atoms in total. The highest BCUT2D eigenvalue weighted by atomic mass is 35.5. The van der Waals surface area contributed by atoms with Gasteiger partial charge in [0.15, 0.2) is 0 Å². The van der Waals surface area contributed by atoms with Crippen molar-refractivity contribution in [2.45, 2.75) is 31.9 Å². The van der Waals surface area contributed by atoms with Gasteiger partial charge in [-0.3, -0.25) is 4.79 Å². The van der Waals surface area contributed by atoms with Crippen LogP contribution in [-0.4, -0.2) is 23.6 Å². The highest BCUT2D eigenvalue weighted by Crippen LogP contribution is 2.23. The molecule has 114 valence electrons. The number of carbonyl (C=O) groups excluding carboxylic acids is 1. The van der Waals surface area contributed by atoms with Gasteiger partial charge in [-0.2, -0.15) is 0 Å². The first kappa shape index (κ1) is 19.5. The molecule has 1 aromatic rings. The summed E-state index contributed by atoms with van der Waals surface area (Å²) < 4.78 is 0. The van der Waals surface area contributed by atoms with Crippen molar-refractivity contribution >= 4 is 41.5 Å². The van der Waals surface area contributed by atoms with Gasteiger partial charge in [-0.1, -0.05) is 23.2 Å². The minimum atomic E-state index is -0.838. The van der Waals surface area contributed by atoms with E-state index < -0.39 is 6.10 Å². The topological polar surface area (TPSA) is 75.4 Å². The van der Waals surface area contributed by atoms with Gasteiger partial charge < -0.3 is 16.2 Å². The van der Waals surface area contributed by atoms with E-state index in [4.69, 9.17) is 28.9 Å². The van der Waals surface area contributed by atoms with Crippen molar-refractivity contribution in [2.75, 3.05) is 6.54 Å². The molecule has 0 heterocycles. The number of hydrogen-bond donors (Lipinski definition) is 3. The Kier molecular flexibility index (Phi) is 9.18. The monoisotopic (exact) mass is 340 g/mol. The number of halogens is 3. The third kappa shape index (κ3) is 7.31. The molecule has 0 aliphatic carbocycles. The summed E-state index contributed by atoms with van der Waals surface area (Å²) in [6.07, 6.45) is 0.126. The van der Waals surface area contributed by atoms with Crippen LogP contribution in [0.3, 0.4) is 0 Å². The summed E-state index contributed by atoms with van der Waals surface area (Å²) in [6, 6.07) is 4.81. The molecule has 0 fully saturated rings. The van der Waals surface area contributed by atoms with Crippen LogP contribution in [0.1, 0.15) is 31.4 Å². The number of amides is 1. The molecule has 0 radical (unpaired) electrons. The molecule has 2 atom stereocenters. The number of aliphatic hydroxyl groups excluding tert-OH is 1. The molecule has 0 saturated carbocycles. The highest BCUT2D eigenvalue weighted by Gasteiger charge is 2.11. The quantitative estimate of drug-likeness (QED) is 0.744. The SMILES string of the molecule is CC(N)CCC(=O)NCC(O)c1cc(Cl)cc(Cl)c1.Cl. The smallest absolute Gasteiger partial charge is 0.220 e. The largest absolute Gasteiger partial charge is 0.387 e. The van der Waals surface area contributed by atoms with E-state index in [2.05, 4.69) is 5.32 Å². The molecule has 7 heteroatoms. The highest BCUT2D eigenvalue weighted by molar-refractivity contribution is 6.34. The summed E-state index contributed by atoms with van der Waals surface area (Å²) in [5.41, 5.74) is 6.14. The molecule has 1 rings (SSSR count). The van der Waals surface area contributed by atoms with Crippen molar-refractivity contribution in [3.63, 3.8) is 0 Å². The van der Waals surface area contributed by atoms with Crippen LogP contribution >= 0.6 is 35.6 Å². The van der Waals surface area contributed by atoms with Gasteiger partial charge in [0.2, 0.25) is 5.91 Å². The third-order valence-electron chi connectivity index (χ3n) is 2.59. The van der Waals surface area contributed by atoms with Crippen LogP contribution in [0.25, 0.3) is 0 Å². The van der Waals surface area contributed by atoms with Gasteiger partial charge >= 0.3 is 0 Å². The van der Waals surface area contributed by atoms with Crippen molar-refractivity contribution in [3.05, 3.63) is 33.8 Å². The van der Waals surface area contributed by atoms with E-state index in [-0.39, 0.29) is 30.9 Å². The summed E-state index contributed by atoms with van der Waals surface area (Å²) in [6.45, 7) is 1.96. The van der Waals surface area contributed by atoms with E-state index in [1.54, 1.807) is 18.2 Å². The molecule has 0 saturated heterocycles. The molecule has 0 aliphatic rings. The Morgan fingerprint density at radius 1 is 1.35 bits per heavy atom. The second-order valence-corrected chi connectivity index (χ2v) is 5.41. The Balaban J connectivity index is 0.00000361. The fourth-order valence-electron chi connectivity index (χ4n) is 1.54. The van der Waals surface area contributed by atoms with Gasteiger partial charge in [0.05, 0.1) is 6.10 Å². The van der Waals surface area contributed by atoms with Crippen LogP contribution in [0.4, 0.5) is 0 Å². The van der Waals surface area contributed by atoms with Crippen LogP contribution < -0.4 is 11.1 Å². The molecule has 1 amide bonds. The zero-order chi connectivity index (χ0) is 14.4.